The molecule has 0 unspecified atom stereocenters. The molecule has 2 fully saturated rings. The molecule has 3 heteroatoms. The van der Waals surface area contributed by atoms with Crippen molar-refractivity contribution in [2.75, 3.05) is 26.2 Å². The minimum absolute atomic E-state index is 0.636. The van der Waals surface area contributed by atoms with Crippen LogP contribution in [-0.4, -0.2) is 49.2 Å². The fourth-order valence-electron chi connectivity index (χ4n) is 2.43. The van der Waals surface area contributed by atoms with Gasteiger partial charge in [-0.3, -0.25) is 4.90 Å². The van der Waals surface area contributed by atoms with Crippen molar-refractivity contribution < 1.29 is 0 Å². The second kappa shape index (κ2) is 4.60. The molecule has 0 aliphatic carbocycles. The monoisotopic (exact) mass is 197 g/mol. The highest BCUT2D eigenvalue weighted by Crippen LogP contribution is 2.15. The smallest absolute Gasteiger partial charge is 0.0345 e. The van der Waals surface area contributed by atoms with Crippen LogP contribution in [0.25, 0.3) is 0 Å². The van der Waals surface area contributed by atoms with Gasteiger partial charge in [0.2, 0.25) is 0 Å². The Balaban J connectivity index is 1.69. The maximum absolute atomic E-state index is 3.63. The zero-order valence-electron chi connectivity index (χ0n) is 9.42. The SMILES string of the molecule is CC(C)NC1CCN(C2CNC2)CC1. The molecule has 2 rings (SSSR count). The third-order valence-electron chi connectivity index (χ3n) is 3.37. The summed E-state index contributed by atoms with van der Waals surface area (Å²) in [5.41, 5.74) is 0. The number of rotatable bonds is 3. The molecule has 2 aliphatic rings. The van der Waals surface area contributed by atoms with Gasteiger partial charge in [-0.25, -0.2) is 0 Å². The van der Waals surface area contributed by atoms with Gasteiger partial charge in [0.15, 0.2) is 0 Å². The van der Waals surface area contributed by atoms with Crippen molar-refractivity contribution in [3.63, 3.8) is 0 Å². The molecule has 0 spiro atoms. The fourth-order valence-corrected chi connectivity index (χ4v) is 2.43. The average molecular weight is 197 g/mol. The summed E-state index contributed by atoms with van der Waals surface area (Å²) in [7, 11) is 0. The molecule has 3 nitrogen and oxygen atoms in total. The highest BCUT2D eigenvalue weighted by Gasteiger charge is 2.28. The minimum Gasteiger partial charge on any atom is -0.314 e. The Morgan fingerprint density at radius 3 is 2.29 bits per heavy atom. The quantitative estimate of drug-likeness (QED) is 0.687. The van der Waals surface area contributed by atoms with Crippen LogP contribution in [0.4, 0.5) is 0 Å². The first-order valence-electron chi connectivity index (χ1n) is 5.96. The van der Waals surface area contributed by atoms with Gasteiger partial charge in [-0.05, 0) is 12.8 Å². The first kappa shape index (κ1) is 10.4. The van der Waals surface area contributed by atoms with E-state index in [1.165, 1.54) is 39.0 Å². The van der Waals surface area contributed by atoms with Gasteiger partial charge in [0.05, 0.1) is 0 Å². The molecule has 0 bridgehead atoms. The average Bonchev–Trinajstić information content (AvgIpc) is 2.04. The van der Waals surface area contributed by atoms with Gasteiger partial charge >= 0.3 is 0 Å². The Morgan fingerprint density at radius 2 is 1.86 bits per heavy atom. The predicted molar refractivity (Wildman–Crippen MR) is 59.5 cm³/mol. The third kappa shape index (κ3) is 2.47. The van der Waals surface area contributed by atoms with Gasteiger partial charge in [0.25, 0.3) is 0 Å². The van der Waals surface area contributed by atoms with Crippen molar-refractivity contribution in [2.24, 2.45) is 0 Å². The topological polar surface area (TPSA) is 27.3 Å². The Hall–Kier alpha value is -0.120. The summed E-state index contributed by atoms with van der Waals surface area (Å²) in [5, 5.41) is 6.98. The lowest BCUT2D eigenvalue weighted by Gasteiger charge is -2.42. The fraction of sp³-hybridized carbons (Fsp3) is 1.00. The molecule has 14 heavy (non-hydrogen) atoms. The maximum Gasteiger partial charge on any atom is 0.0345 e. The van der Waals surface area contributed by atoms with E-state index in [4.69, 9.17) is 0 Å². The van der Waals surface area contributed by atoms with E-state index in [0.29, 0.717) is 6.04 Å². The molecule has 0 aromatic carbocycles. The van der Waals surface area contributed by atoms with Gasteiger partial charge < -0.3 is 10.6 Å². The van der Waals surface area contributed by atoms with Crippen LogP contribution in [0, 0.1) is 0 Å². The number of hydrogen-bond donors (Lipinski definition) is 2. The summed E-state index contributed by atoms with van der Waals surface area (Å²) >= 11 is 0. The Labute approximate surface area is 87.2 Å². The Bertz CT molecular complexity index is 169. The third-order valence-corrected chi connectivity index (χ3v) is 3.37. The number of nitrogens with zero attached hydrogens (tertiary/aromatic N) is 1. The van der Waals surface area contributed by atoms with Crippen molar-refractivity contribution in [3.05, 3.63) is 0 Å². The lowest BCUT2D eigenvalue weighted by molar-refractivity contribution is 0.106. The van der Waals surface area contributed by atoms with Gasteiger partial charge in [-0.1, -0.05) is 13.8 Å². The summed E-state index contributed by atoms with van der Waals surface area (Å²) in [6.07, 6.45) is 2.66. The largest absolute Gasteiger partial charge is 0.314 e. The number of nitrogens with one attached hydrogen (secondary N) is 2. The Morgan fingerprint density at radius 1 is 1.21 bits per heavy atom. The molecule has 0 saturated carbocycles. The summed E-state index contributed by atoms with van der Waals surface area (Å²) in [6.45, 7) is 9.47. The van der Waals surface area contributed by atoms with Crippen LogP contribution in [0.15, 0.2) is 0 Å². The molecule has 0 amide bonds. The van der Waals surface area contributed by atoms with Crippen LogP contribution >= 0.6 is 0 Å². The molecule has 2 N–H and O–H groups in total. The molecule has 0 atom stereocenters. The molecule has 2 heterocycles. The molecule has 2 aliphatic heterocycles. The van der Waals surface area contributed by atoms with Crippen molar-refractivity contribution in [3.8, 4) is 0 Å². The van der Waals surface area contributed by atoms with Gasteiger partial charge in [-0.2, -0.15) is 0 Å². The first-order chi connectivity index (χ1) is 6.75. The van der Waals surface area contributed by atoms with Gasteiger partial charge in [0, 0.05) is 44.3 Å². The second-order valence-electron chi connectivity index (χ2n) is 4.94. The standard InChI is InChI=1S/C11H23N3/c1-9(2)13-10-3-5-14(6-4-10)11-7-12-8-11/h9-13H,3-8H2,1-2H3. The van der Waals surface area contributed by atoms with Crippen molar-refractivity contribution in [1.82, 2.24) is 15.5 Å². The van der Waals surface area contributed by atoms with Gasteiger partial charge in [-0.15, -0.1) is 0 Å². The molecule has 0 aromatic rings. The van der Waals surface area contributed by atoms with E-state index in [1.54, 1.807) is 0 Å². The predicted octanol–water partition coefficient (Wildman–Crippen LogP) is 0.421. The number of likely N-dealkylation sites (tertiary alicyclic amines) is 1. The molecule has 2 saturated heterocycles. The summed E-state index contributed by atoms with van der Waals surface area (Å²) in [5.74, 6) is 0. The normalized spacial score (nSPS) is 26.8. The van der Waals surface area contributed by atoms with E-state index in [-0.39, 0.29) is 0 Å². The minimum atomic E-state index is 0.636. The second-order valence-corrected chi connectivity index (χ2v) is 4.94. The Kier molecular flexibility index (Phi) is 3.42. The van der Waals surface area contributed by atoms with Crippen molar-refractivity contribution in [1.29, 1.82) is 0 Å². The van der Waals surface area contributed by atoms with E-state index in [0.717, 1.165) is 12.1 Å². The number of piperidine rings is 1. The molecule has 0 aromatic heterocycles. The molecule has 0 radical (unpaired) electrons. The van der Waals surface area contributed by atoms with Crippen LogP contribution in [-0.2, 0) is 0 Å². The highest BCUT2D eigenvalue weighted by atomic mass is 15.2. The molecular formula is C11H23N3. The highest BCUT2D eigenvalue weighted by molar-refractivity contribution is 4.88. The van der Waals surface area contributed by atoms with E-state index in [9.17, 15) is 0 Å². The summed E-state index contributed by atoms with van der Waals surface area (Å²) < 4.78 is 0. The lowest BCUT2D eigenvalue weighted by Crippen LogP contribution is -2.60. The van der Waals surface area contributed by atoms with Crippen LogP contribution in [0.1, 0.15) is 26.7 Å². The van der Waals surface area contributed by atoms with Gasteiger partial charge in [0.1, 0.15) is 0 Å². The van der Waals surface area contributed by atoms with E-state index < -0.39 is 0 Å². The summed E-state index contributed by atoms with van der Waals surface area (Å²) in [4.78, 5) is 2.65. The zero-order chi connectivity index (χ0) is 9.97. The zero-order valence-corrected chi connectivity index (χ0v) is 9.42. The molecular weight excluding hydrogens is 174 g/mol. The van der Waals surface area contributed by atoms with Crippen molar-refractivity contribution >= 4 is 0 Å². The summed E-state index contributed by atoms with van der Waals surface area (Å²) in [6, 6.07) is 2.24. The lowest BCUT2D eigenvalue weighted by atomic mass is 10.0. The van der Waals surface area contributed by atoms with Crippen LogP contribution < -0.4 is 10.6 Å². The van der Waals surface area contributed by atoms with Crippen LogP contribution in [0.5, 0.6) is 0 Å². The molecule has 82 valence electrons. The first-order valence-corrected chi connectivity index (χ1v) is 5.96. The van der Waals surface area contributed by atoms with Crippen LogP contribution in [0.2, 0.25) is 0 Å². The van der Waals surface area contributed by atoms with E-state index >= 15 is 0 Å². The van der Waals surface area contributed by atoms with Crippen molar-refractivity contribution in [2.45, 2.75) is 44.8 Å². The van der Waals surface area contributed by atoms with E-state index in [1.807, 2.05) is 0 Å². The number of hydrogen-bond acceptors (Lipinski definition) is 3. The van der Waals surface area contributed by atoms with E-state index in [2.05, 4.69) is 29.4 Å². The maximum atomic E-state index is 3.63. The van der Waals surface area contributed by atoms with Crippen LogP contribution in [0.3, 0.4) is 0 Å².